The van der Waals surface area contributed by atoms with Crippen LogP contribution in [-0.2, 0) is 6.18 Å². The summed E-state index contributed by atoms with van der Waals surface area (Å²) in [7, 11) is 1.47. The number of hydrogen-bond acceptors (Lipinski definition) is 1. The van der Waals surface area contributed by atoms with E-state index in [1.54, 1.807) is 0 Å². The molecule has 0 heterocycles. The highest BCUT2D eigenvalue weighted by atomic mass is 19.4. The van der Waals surface area contributed by atoms with Crippen LogP contribution in [0.4, 0.5) is 13.2 Å². The summed E-state index contributed by atoms with van der Waals surface area (Å²) in [6, 6.07) is 4.00. The molecule has 1 saturated carbocycles. The van der Waals surface area contributed by atoms with Crippen molar-refractivity contribution in [1.82, 2.24) is 0 Å². The van der Waals surface area contributed by atoms with Crippen LogP contribution >= 0.6 is 0 Å². The molecule has 16 heavy (non-hydrogen) atoms. The summed E-state index contributed by atoms with van der Waals surface area (Å²) < 4.78 is 43.3. The van der Waals surface area contributed by atoms with E-state index < -0.39 is 11.7 Å². The minimum Gasteiger partial charge on any atom is -0.497 e. The third-order valence-corrected chi connectivity index (χ3v) is 3.11. The number of benzene rings is 1. The highest BCUT2D eigenvalue weighted by Crippen LogP contribution is 2.44. The first kappa shape index (κ1) is 11.3. The number of ether oxygens (including phenoxy) is 1. The molecule has 0 unspecified atom stereocenters. The maximum atomic E-state index is 12.8. The summed E-state index contributed by atoms with van der Waals surface area (Å²) in [5.74, 6) is 0.543. The third kappa shape index (κ3) is 2.01. The fourth-order valence-corrected chi connectivity index (χ4v) is 1.98. The van der Waals surface area contributed by atoms with Gasteiger partial charge in [0, 0.05) is 0 Å². The Labute approximate surface area is 92.2 Å². The van der Waals surface area contributed by atoms with Gasteiger partial charge in [0.25, 0.3) is 0 Å². The van der Waals surface area contributed by atoms with E-state index in [-0.39, 0.29) is 5.92 Å². The van der Waals surface area contributed by atoms with Crippen LogP contribution in [-0.4, -0.2) is 7.11 Å². The Morgan fingerprint density at radius 1 is 1.25 bits per heavy atom. The highest BCUT2D eigenvalue weighted by molar-refractivity contribution is 5.40. The minimum atomic E-state index is -4.27. The van der Waals surface area contributed by atoms with Gasteiger partial charge >= 0.3 is 6.18 Å². The molecule has 0 spiro atoms. The van der Waals surface area contributed by atoms with Crippen molar-refractivity contribution >= 4 is 0 Å². The molecule has 0 amide bonds. The zero-order valence-corrected chi connectivity index (χ0v) is 8.97. The van der Waals surface area contributed by atoms with Crippen molar-refractivity contribution in [3.05, 3.63) is 29.3 Å². The van der Waals surface area contributed by atoms with Gasteiger partial charge in [-0.15, -0.1) is 0 Å². The van der Waals surface area contributed by atoms with Gasteiger partial charge in [-0.3, -0.25) is 0 Å². The second-order valence-electron chi connectivity index (χ2n) is 4.08. The van der Waals surface area contributed by atoms with Gasteiger partial charge in [-0.1, -0.05) is 6.42 Å². The van der Waals surface area contributed by atoms with E-state index in [1.165, 1.54) is 19.2 Å². The molecule has 1 fully saturated rings. The van der Waals surface area contributed by atoms with E-state index in [4.69, 9.17) is 4.74 Å². The summed E-state index contributed by atoms with van der Waals surface area (Å²) in [5, 5.41) is 0. The molecule has 0 aliphatic heterocycles. The van der Waals surface area contributed by atoms with Crippen molar-refractivity contribution < 1.29 is 17.9 Å². The smallest absolute Gasteiger partial charge is 0.416 e. The molecule has 1 nitrogen and oxygen atoms in total. The molecular weight excluding hydrogens is 217 g/mol. The number of alkyl halides is 3. The van der Waals surface area contributed by atoms with Crippen LogP contribution in [0.2, 0.25) is 0 Å². The molecule has 0 saturated heterocycles. The number of methoxy groups -OCH3 is 1. The molecule has 1 aliphatic carbocycles. The molecule has 0 atom stereocenters. The van der Waals surface area contributed by atoms with Gasteiger partial charge in [-0.05, 0) is 42.5 Å². The molecule has 0 bridgehead atoms. The zero-order valence-electron chi connectivity index (χ0n) is 8.97. The quantitative estimate of drug-likeness (QED) is 0.746. The van der Waals surface area contributed by atoms with E-state index in [0.29, 0.717) is 11.3 Å². The number of halogens is 3. The Bertz CT molecular complexity index is 380. The lowest BCUT2D eigenvalue weighted by molar-refractivity contribution is -0.138. The van der Waals surface area contributed by atoms with Crippen LogP contribution in [0.5, 0.6) is 5.75 Å². The number of rotatable bonds is 2. The van der Waals surface area contributed by atoms with Gasteiger partial charge in [0.1, 0.15) is 5.75 Å². The van der Waals surface area contributed by atoms with E-state index in [2.05, 4.69) is 0 Å². The predicted molar refractivity (Wildman–Crippen MR) is 54.6 cm³/mol. The highest BCUT2D eigenvalue weighted by Gasteiger charge is 2.36. The second kappa shape index (κ2) is 4.00. The summed E-state index contributed by atoms with van der Waals surface area (Å²) >= 11 is 0. The first-order chi connectivity index (χ1) is 7.52. The summed E-state index contributed by atoms with van der Waals surface area (Å²) in [5.41, 5.74) is -0.129. The first-order valence-electron chi connectivity index (χ1n) is 5.27. The normalized spacial score (nSPS) is 17.0. The molecule has 4 heteroatoms. The van der Waals surface area contributed by atoms with E-state index in [1.807, 2.05) is 0 Å². The van der Waals surface area contributed by atoms with Crippen molar-refractivity contribution in [3.63, 3.8) is 0 Å². The van der Waals surface area contributed by atoms with Gasteiger partial charge in [0.15, 0.2) is 0 Å². The summed E-state index contributed by atoms with van der Waals surface area (Å²) in [6.45, 7) is 0. The summed E-state index contributed by atoms with van der Waals surface area (Å²) in [6.07, 6.45) is -1.57. The minimum absolute atomic E-state index is 0.0479. The monoisotopic (exact) mass is 230 g/mol. The van der Waals surface area contributed by atoms with Gasteiger partial charge in [0.2, 0.25) is 0 Å². The maximum absolute atomic E-state index is 12.8. The Morgan fingerprint density at radius 2 is 1.94 bits per heavy atom. The predicted octanol–water partition coefficient (Wildman–Crippen LogP) is 3.98. The van der Waals surface area contributed by atoms with Crippen molar-refractivity contribution in [1.29, 1.82) is 0 Å². The third-order valence-electron chi connectivity index (χ3n) is 3.11. The lowest BCUT2D eigenvalue weighted by atomic mass is 9.78. The van der Waals surface area contributed by atoms with Crippen molar-refractivity contribution in [2.75, 3.05) is 7.11 Å². The lowest BCUT2D eigenvalue weighted by Crippen LogP contribution is -2.16. The van der Waals surface area contributed by atoms with E-state index in [0.717, 1.165) is 25.3 Å². The molecule has 0 radical (unpaired) electrons. The maximum Gasteiger partial charge on any atom is 0.416 e. The fraction of sp³-hybridized carbons (Fsp3) is 0.500. The second-order valence-corrected chi connectivity index (χ2v) is 4.08. The molecular formula is C12H13F3O. The van der Waals surface area contributed by atoms with Crippen LogP contribution in [0.15, 0.2) is 18.2 Å². The average Bonchev–Trinajstić information content (AvgIpc) is 2.13. The van der Waals surface area contributed by atoms with Crippen molar-refractivity contribution in [2.24, 2.45) is 0 Å². The molecule has 2 rings (SSSR count). The largest absolute Gasteiger partial charge is 0.497 e. The molecule has 88 valence electrons. The Kier molecular flexibility index (Phi) is 2.82. The van der Waals surface area contributed by atoms with Crippen molar-refractivity contribution in [2.45, 2.75) is 31.4 Å². The van der Waals surface area contributed by atoms with Crippen LogP contribution in [0.1, 0.15) is 36.3 Å². The Morgan fingerprint density at radius 3 is 2.38 bits per heavy atom. The Hall–Kier alpha value is -1.19. The fourth-order valence-electron chi connectivity index (χ4n) is 1.98. The molecule has 0 N–H and O–H groups in total. The van der Waals surface area contributed by atoms with Crippen LogP contribution in [0.3, 0.4) is 0 Å². The summed E-state index contributed by atoms with van der Waals surface area (Å²) in [4.78, 5) is 0. The standard InChI is InChI=1S/C12H13F3O/c1-16-9-5-6-11(12(13,14)15)10(7-9)8-3-2-4-8/h5-8H,2-4H2,1H3. The van der Waals surface area contributed by atoms with Gasteiger partial charge in [0.05, 0.1) is 12.7 Å². The number of hydrogen-bond donors (Lipinski definition) is 0. The van der Waals surface area contributed by atoms with Gasteiger partial charge in [-0.25, -0.2) is 0 Å². The van der Waals surface area contributed by atoms with Crippen LogP contribution in [0, 0.1) is 0 Å². The van der Waals surface area contributed by atoms with E-state index in [9.17, 15) is 13.2 Å². The van der Waals surface area contributed by atoms with Crippen LogP contribution < -0.4 is 4.74 Å². The van der Waals surface area contributed by atoms with Crippen LogP contribution in [0.25, 0.3) is 0 Å². The van der Waals surface area contributed by atoms with Crippen molar-refractivity contribution in [3.8, 4) is 5.75 Å². The van der Waals surface area contributed by atoms with Gasteiger partial charge in [-0.2, -0.15) is 13.2 Å². The molecule has 1 aliphatic rings. The lowest BCUT2D eigenvalue weighted by Gasteiger charge is -2.28. The molecule has 1 aromatic rings. The molecule has 1 aromatic carbocycles. The zero-order chi connectivity index (χ0) is 11.8. The average molecular weight is 230 g/mol. The van der Waals surface area contributed by atoms with Gasteiger partial charge < -0.3 is 4.74 Å². The topological polar surface area (TPSA) is 9.23 Å². The van der Waals surface area contributed by atoms with E-state index >= 15 is 0 Å². The SMILES string of the molecule is COc1ccc(C(F)(F)F)c(C2CCC2)c1. The Balaban J connectivity index is 2.42. The first-order valence-corrected chi connectivity index (χ1v) is 5.27. The molecule has 0 aromatic heterocycles.